The van der Waals surface area contributed by atoms with Gasteiger partial charge < -0.3 is 15.1 Å². The number of fused-ring (bicyclic) bond motifs is 2. The van der Waals surface area contributed by atoms with Crippen LogP contribution >= 0.6 is 0 Å². The van der Waals surface area contributed by atoms with Crippen molar-refractivity contribution in [2.75, 3.05) is 31.6 Å². The van der Waals surface area contributed by atoms with E-state index in [0.717, 1.165) is 29.2 Å². The number of amides is 2. The number of halogens is 2. The lowest BCUT2D eigenvalue weighted by Gasteiger charge is -2.35. The summed E-state index contributed by atoms with van der Waals surface area (Å²) in [6.45, 7) is 3.32. The van der Waals surface area contributed by atoms with Gasteiger partial charge in [0, 0.05) is 68.0 Å². The van der Waals surface area contributed by atoms with Crippen molar-refractivity contribution in [3.63, 3.8) is 0 Å². The zero-order valence-corrected chi connectivity index (χ0v) is 20.4. The maximum atomic E-state index is 14.4. The quantitative estimate of drug-likeness (QED) is 0.568. The predicted octanol–water partition coefficient (Wildman–Crippen LogP) is 4.74. The highest BCUT2D eigenvalue weighted by molar-refractivity contribution is 6.01. The molecule has 5 rings (SSSR count). The van der Waals surface area contributed by atoms with Gasteiger partial charge in [-0.15, -0.1) is 0 Å². The molecular formula is C27H29F2N5O2. The van der Waals surface area contributed by atoms with Gasteiger partial charge in [-0.25, -0.2) is 13.8 Å². The van der Waals surface area contributed by atoms with Crippen LogP contribution in [0.2, 0.25) is 0 Å². The summed E-state index contributed by atoms with van der Waals surface area (Å²) in [5, 5.41) is 4.18. The van der Waals surface area contributed by atoms with Crippen molar-refractivity contribution in [2.45, 2.75) is 45.0 Å². The van der Waals surface area contributed by atoms with Gasteiger partial charge in [0.05, 0.1) is 0 Å². The lowest BCUT2D eigenvalue weighted by Crippen LogP contribution is -2.36. The van der Waals surface area contributed by atoms with E-state index in [2.05, 4.69) is 15.3 Å². The van der Waals surface area contributed by atoms with Crippen LogP contribution in [0.1, 0.15) is 65.7 Å². The topological polar surface area (TPSA) is 78.4 Å². The smallest absolute Gasteiger partial charge is 0.269 e. The van der Waals surface area contributed by atoms with Crippen molar-refractivity contribution in [2.24, 2.45) is 0 Å². The molecule has 0 unspecified atom stereocenters. The molecule has 4 heterocycles. The Morgan fingerprint density at radius 3 is 2.61 bits per heavy atom. The van der Waals surface area contributed by atoms with Crippen LogP contribution in [0.3, 0.4) is 0 Å². The number of carbonyl (C=O) groups excluding carboxylic acids is 2. The van der Waals surface area contributed by atoms with Crippen LogP contribution in [0.25, 0.3) is 10.8 Å². The summed E-state index contributed by atoms with van der Waals surface area (Å²) < 4.78 is 28.8. The van der Waals surface area contributed by atoms with Crippen LogP contribution in [0.4, 0.5) is 20.3 Å². The predicted molar refractivity (Wildman–Crippen MR) is 134 cm³/mol. The fourth-order valence-electron chi connectivity index (χ4n) is 5.47. The van der Waals surface area contributed by atoms with Crippen LogP contribution in [-0.2, 0) is 11.2 Å². The second-order valence-corrected chi connectivity index (χ2v) is 9.45. The molecule has 1 aromatic carbocycles. The molecule has 188 valence electrons. The molecule has 1 N–H and O–H groups in total. The highest BCUT2D eigenvalue weighted by atomic mass is 19.3. The fourth-order valence-corrected chi connectivity index (χ4v) is 5.47. The summed E-state index contributed by atoms with van der Waals surface area (Å²) in [5.74, 6) is 0.265. The van der Waals surface area contributed by atoms with E-state index in [4.69, 9.17) is 0 Å². The van der Waals surface area contributed by atoms with Gasteiger partial charge >= 0.3 is 0 Å². The Morgan fingerprint density at radius 1 is 1.14 bits per heavy atom. The second kappa shape index (κ2) is 9.79. The number of nitrogens with zero attached hydrogens (tertiary/aromatic N) is 4. The average molecular weight is 494 g/mol. The Balaban J connectivity index is 1.59. The number of aromatic nitrogens is 2. The fraction of sp³-hybridized carbons (Fsp3) is 0.407. The molecule has 1 fully saturated rings. The summed E-state index contributed by atoms with van der Waals surface area (Å²) in [4.78, 5) is 36.7. The lowest BCUT2D eigenvalue weighted by molar-refractivity contribution is -0.129. The molecule has 2 amide bonds. The molecule has 2 aliphatic rings. The van der Waals surface area contributed by atoms with Crippen LogP contribution in [0, 0.1) is 0 Å². The van der Waals surface area contributed by atoms with Crippen molar-refractivity contribution >= 4 is 34.1 Å². The standard InChI is InChI=1S/C27H29F2N5O2/c1-16(35)33-10-6-17(7-11-33)21-12-18-4-3-9-34(24(18)14-22(21)25(28)29)26-20-5-8-31-15-19(20)13-23(32-26)27(36)30-2/h5,8,12-15,17,25H,3-4,6-7,9-11H2,1-2H3,(H,30,36). The molecule has 0 saturated carbocycles. The van der Waals surface area contributed by atoms with E-state index in [9.17, 15) is 18.4 Å². The number of rotatable bonds is 4. The minimum Gasteiger partial charge on any atom is -0.354 e. The van der Waals surface area contributed by atoms with Gasteiger partial charge in [0.25, 0.3) is 12.3 Å². The largest absolute Gasteiger partial charge is 0.354 e. The third-order valence-corrected chi connectivity index (χ3v) is 7.34. The number of anilines is 2. The molecule has 0 bridgehead atoms. The molecule has 2 aliphatic heterocycles. The van der Waals surface area contributed by atoms with Crippen molar-refractivity contribution < 1.29 is 18.4 Å². The normalized spacial score (nSPS) is 16.4. The number of aryl methyl sites for hydroxylation is 1. The number of alkyl halides is 2. The molecule has 0 aliphatic carbocycles. The summed E-state index contributed by atoms with van der Waals surface area (Å²) in [5.41, 5.74) is 2.69. The highest BCUT2D eigenvalue weighted by Gasteiger charge is 2.30. The number of likely N-dealkylation sites (tertiary alicyclic amines) is 1. The molecule has 9 heteroatoms. The van der Waals surface area contributed by atoms with Crippen LogP contribution in [0.5, 0.6) is 0 Å². The van der Waals surface area contributed by atoms with Crippen LogP contribution in [-0.4, -0.2) is 53.4 Å². The number of hydrogen-bond donors (Lipinski definition) is 1. The van der Waals surface area contributed by atoms with E-state index in [0.29, 0.717) is 49.5 Å². The number of hydrogen-bond acceptors (Lipinski definition) is 5. The average Bonchev–Trinajstić information content (AvgIpc) is 2.90. The Hall–Kier alpha value is -3.62. The van der Waals surface area contributed by atoms with Crippen LogP contribution < -0.4 is 10.2 Å². The summed E-state index contributed by atoms with van der Waals surface area (Å²) in [6, 6.07) is 7.10. The van der Waals surface area contributed by atoms with Gasteiger partial charge in [-0.3, -0.25) is 14.6 Å². The summed E-state index contributed by atoms with van der Waals surface area (Å²) in [7, 11) is 1.55. The van der Waals surface area contributed by atoms with E-state index in [-0.39, 0.29) is 29.0 Å². The van der Waals surface area contributed by atoms with Crippen molar-refractivity contribution in [3.05, 3.63) is 59.0 Å². The molecule has 1 saturated heterocycles. The maximum Gasteiger partial charge on any atom is 0.269 e. The molecule has 3 aromatic rings. The van der Waals surface area contributed by atoms with Gasteiger partial charge in [-0.2, -0.15) is 0 Å². The first-order valence-corrected chi connectivity index (χ1v) is 12.3. The molecule has 0 spiro atoms. The first kappa shape index (κ1) is 24.1. The molecule has 0 atom stereocenters. The first-order chi connectivity index (χ1) is 17.4. The zero-order valence-electron chi connectivity index (χ0n) is 20.4. The maximum absolute atomic E-state index is 14.4. The highest BCUT2D eigenvalue weighted by Crippen LogP contribution is 2.43. The molecule has 2 aromatic heterocycles. The van der Waals surface area contributed by atoms with Gasteiger partial charge in [-0.05, 0) is 60.9 Å². The van der Waals surface area contributed by atoms with E-state index in [1.165, 1.54) is 0 Å². The lowest BCUT2D eigenvalue weighted by atomic mass is 9.83. The van der Waals surface area contributed by atoms with E-state index in [1.807, 2.05) is 17.0 Å². The van der Waals surface area contributed by atoms with E-state index in [1.54, 1.807) is 43.4 Å². The molecular weight excluding hydrogens is 464 g/mol. The van der Waals surface area contributed by atoms with Gasteiger partial charge in [-0.1, -0.05) is 6.07 Å². The number of piperidine rings is 1. The minimum atomic E-state index is -2.62. The number of benzene rings is 1. The number of nitrogens with one attached hydrogen (secondary N) is 1. The third kappa shape index (κ3) is 4.38. The van der Waals surface area contributed by atoms with Crippen LogP contribution in [0.15, 0.2) is 36.7 Å². The third-order valence-electron chi connectivity index (χ3n) is 7.34. The monoisotopic (exact) mass is 493 g/mol. The first-order valence-electron chi connectivity index (χ1n) is 12.3. The van der Waals surface area contributed by atoms with Gasteiger partial charge in [0.1, 0.15) is 11.5 Å². The van der Waals surface area contributed by atoms with Crippen molar-refractivity contribution in [3.8, 4) is 0 Å². The molecule has 7 nitrogen and oxygen atoms in total. The SMILES string of the molecule is CNC(=O)c1cc2cnccc2c(N2CCCc3cc(C4CCN(C(C)=O)CC4)c(C(F)F)cc32)n1. The van der Waals surface area contributed by atoms with Crippen molar-refractivity contribution in [1.29, 1.82) is 0 Å². The van der Waals surface area contributed by atoms with Gasteiger partial charge in [0.15, 0.2) is 0 Å². The van der Waals surface area contributed by atoms with E-state index < -0.39 is 6.43 Å². The Kier molecular flexibility index (Phi) is 6.55. The zero-order chi connectivity index (χ0) is 25.4. The summed E-state index contributed by atoms with van der Waals surface area (Å²) >= 11 is 0. The molecule has 36 heavy (non-hydrogen) atoms. The Labute approximate surface area is 208 Å². The molecule has 0 radical (unpaired) electrons. The number of pyridine rings is 2. The minimum absolute atomic E-state index is 0.00751. The Morgan fingerprint density at radius 2 is 1.92 bits per heavy atom. The van der Waals surface area contributed by atoms with E-state index >= 15 is 0 Å². The Bertz CT molecular complexity index is 1320. The van der Waals surface area contributed by atoms with Gasteiger partial charge in [0.2, 0.25) is 5.91 Å². The second-order valence-electron chi connectivity index (χ2n) is 9.45. The van der Waals surface area contributed by atoms with Crippen molar-refractivity contribution in [1.82, 2.24) is 20.2 Å². The number of carbonyl (C=O) groups is 2. The summed E-state index contributed by atoms with van der Waals surface area (Å²) in [6.07, 6.45) is 3.69.